The Morgan fingerprint density at radius 2 is 1.95 bits per heavy atom. The van der Waals surface area contributed by atoms with E-state index in [0.29, 0.717) is 16.8 Å². The highest BCUT2D eigenvalue weighted by molar-refractivity contribution is 5.45. The molecular formula is C15H15FN2O3. The standard InChI is InChI=1S/C15H15FN2O3/c1-10-2-5-12(8-14(10)16)17-9-15(19)11-3-6-13(7-4-11)18(20)21/h2-8,15,17,19H,9H2,1H3. The predicted octanol–water partition coefficient (Wildman–Crippen LogP) is 3.19. The zero-order chi connectivity index (χ0) is 15.4. The van der Waals surface area contributed by atoms with Gasteiger partial charge >= 0.3 is 0 Å². The number of nitrogens with one attached hydrogen (secondary N) is 1. The van der Waals surface area contributed by atoms with E-state index in [-0.39, 0.29) is 18.0 Å². The molecule has 2 aromatic rings. The number of non-ortho nitro benzene ring substituents is 1. The summed E-state index contributed by atoms with van der Waals surface area (Å²) in [5.41, 5.74) is 1.65. The van der Waals surface area contributed by atoms with Crippen molar-refractivity contribution in [2.24, 2.45) is 0 Å². The third-order valence-corrected chi connectivity index (χ3v) is 3.16. The number of aryl methyl sites for hydroxylation is 1. The Balaban J connectivity index is 1.99. The monoisotopic (exact) mass is 290 g/mol. The zero-order valence-corrected chi connectivity index (χ0v) is 11.4. The SMILES string of the molecule is Cc1ccc(NCC(O)c2ccc([N+](=O)[O-])cc2)cc1F. The first-order chi connectivity index (χ1) is 9.97. The molecule has 0 saturated heterocycles. The van der Waals surface area contributed by atoms with Crippen molar-refractivity contribution in [3.05, 3.63) is 69.5 Å². The van der Waals surface area contributed by atoms with Crippen LogP contribution in [0, 0.1) is 22.9 Å². The Morgan fingerprint density at radius 1 is 1.29 bits per heavy atom. The fraction of sp³-hybridized carbons (Fsp3) is 0.200. The molecule has 110 valence electrons. The second-order valence-electron chi connectivity index (χ2n) is 4.71. The smallest absolute Gasteiger partial charge is 0.269 e. The molecule has 0 heterocycles. The van der Waals surface area contributed by atoms with E-state index in [9.17, 15) is 19.6 Å². The number of aliphatic hydroxyl groups is 1. The minimum atomic E-state index is -0.838. The lowest BCUT2D eigenvalue weighted by Crippen LogP contribution is -2.12. The number of nitro groups is 1. The molecule has 1 atom stereocenters. The van der Waals surface area contributed by atoms with Gasteiger partial charge in [0.2, 0.25) is 0 Å². The molecule has 6 heteroatoms. The Kier molecular flexibility index (Phi) is 4.49. The van der Waals surface area contributed by atoms with Gasteiger partial charge in [0.25, 0.3) is 5.69 Å². The molecule has 1 unspecified atom stereocenters. The van der Waals surface area contributed by atoms with Gasteiger partial charge in [-0.15, -0.1) is 0 Å². The Morgan fingerprint density at radius 3 is 2.52 bits per heavy atom. The van der Waals surface area contributed by atoms with Crippen LogP contribution in [0.15, 0.2) is 42.5 Å². The van der Waals surface area contributed by atoms with Crippen LogP contribution in [-0.2, 0) is 0 Å². The second-order valence-corrected chi connectivity index (χ2v) is 4.71. The summed E-state index contributed by atoms with van der Waals surface area (Å²) < 4.78 is 13.4. The summed E-state index contributed by atoms with van der Waals surface area (Å²) in [6.45, 7) is 1.85. The Hall–Kier alpha value is -2.47. The van der Waals surface area contributed by atoms with Gasteiger partial charge in [0.1, 0.15) is 5.82 Å². The van der Waals surface area contributed by atoms with Gasteiger partial charge in [0, 0.05) is 24.4 Å². The molecule has 0 saturated carbocycles. The number of rotatable bonds is 5. The number of hydrogen-bond acceptors (Lipinski definition) is 4. The summed E-state index contributed by atoms with van der Waals surface area (Å²) >= 11 is 0. The summed E-state index contributed by atoms with van der Waals surface area (Å²) in [7, 11) is 0. The van der Waals surface area contributed by atoms with Crippen LogP contribution in [0.5, 0.6) is 0 Å². The molecule has 2 N–H and O–H groups in total. The van der Waals surface area contributed by atoms with Crippen LogP contribution in [-0.4, -0.2) is 16.6 Å². The molecule has 0 aliphatic heterocycles. The van der Waals surface area contributed by atoms with Crippen molar-refractivity contribution in [1.29, 1.82) is 0 Å². The molecule has 0 aliphatic rings. The molecule has 2 aromatic carbocycles. The van der Waals surface area contributed by atoms with Crippen molar-refractivity contribution in [1.82, 2.24) is 0 Å². The number of nitro benzene ring substituents is 1. The normalized spacial score (nSPS) is 12.0. The van der Waals surface area contributed by atoms with Gasteiger partial charge in [0.15, 0.2) is 0 Å². The van der Waals surface area contributed by atoms with Crippen LogP contribution in [0.25, 0.3) is 0 Å². The number of aliphatic hydroxyl groups excluding tert-OH is 1. The van der Waals surface area contributed by atoms with Gasteiger partial charge < -0.3 is 10.4 Å². The van der Waals surface area contributed by atoms with Crippen LogP contribution in [0.4, 0.5) is 15.8 Å². The van der Waals surface area contributed by atoms with Crippen molar-refractivity contribution >= 4 is 11.4 Å². The average molecular weight is 290 g/mol. The van der Waals surface area contributed by atoms with E-state index in [1.807, 2.05) is 0 Å². The number of benzene rings is 2. The lowest BCUT2D eigenvalue weighted by Gasteiger charge is -2.13. The summed E-state index contributed by atoms with van der Waals surface area (Å²) in [5, 5.41) is 23.5. The number of halogens is 1. The molecule has 21 heavy (non-hydrogen) atoms. The Labute approximate surface area is 121 Å². The third-order valence-electron chi connectivity index (χ3n) is 3.16. The summed E-state index contributed by atoms with van der Waals surface area (Å²) in [4.78, 5) is 10.1. The molecule has 0 fully saturated rings. The molecule has 0 spiro atoms. The lowest BCUT2D eigenvalue weighted by molar-refractivity contribution is -0.384. The van der Waals surface area contributed by atoms with E-state index < -0.39 is 11.0 Å². The zero-order valence-electron chi connectivity index (χ0n) is 11.4. The van der Waals surface area contributed by atoms with Crippen LogP contribution in [0.3, 0.4) is 0 Å². The van der Waals surface area contributed by atoms with E-state index in [4.69, 9.17) is 0 Å². The Bertz CT molecular complexity index is 644. The van der Waals surface area contributed by atoms with E-state index in [2.05, 4.69) is 5.32 Å². The number of nitrogens with zero attached hydrogens (tertiary/aromatic N) is 1. The van der Waals surface area contributed by atoms with Gasteiger partial charge in [0.05, 0.1) is 11.0 Å². The fourth-order valence-corrected chi connectivity index (χ4v) is 1.85. The predicted molar refractivity (Wildman–Crippen MR) is 77.7 cm³/mol. The number of anilines is 1. The molecule has 0 radical (unpaired) electrons. The largest absolute Gasteiger partial charge is 0.387 e. The minimum Gasteiger partial charge on any atom is -0.387 e. The molecule has 0 amide bonds. The van der Waals surface area contributed by atoms with Crippen molar-refractivity contribution in [3.63, 3.8) is 0 Å². The third kappa shape index (κ3) is 3.76. The van der Waals surface area contributed by atoms with Crippen molar-refractivity contribution in [3.8, 4) is 0 Å². The van der Waals surface area contributed by atoms with E-state index in [1.54, 1.807) is 19.1 Å². The first-order valence-corrected chi connectivity index (χ1v) is 6.40. The molecule has 0 aliphatic carbocycles. The van der Waals surface area contributed by atoms with Crippen LogP contribution in [0.2, 0.25) is 0 Å². The first kappa shape index (κ1) is 14.9. The van der Waals surface area contributed by atoms with Gasteiger partial charge in [-0.25, -0.2) is 4.39 Å². The second kappa shape index (κ2) is 6.32. The molecule has 0 bridgehead atoms. The lowest BCUT2D eigenvalue weighted by atomic mass is 10.1. The van der Waals surface area contributed by atoms with E-state index >= 15 is 0 Å². The van der Waals surface area contributed by atoms with Crippen molar-refractivity contribution in [2.75, 3.05) is 11.9 Å². The van der Waals surface area contributed by atoms with Crippen LogP contribution in [0.1, 0.15) is 17.2 Å². The number of hydrogen-bond donors (Lipinski definition) is 2. The maximum atomic E-state index is 13.4. The first-order valence-electron chi connectivity index (χ1n) is 6.40. The van der Waals surface area contributed by atoms with Crippen LogP contribution < -0.4 is 5.32 Å². The quantitative estimate of drug-likeness (QED) is 0.655. The highest BCUT2D eigenvalue weighted by Crippen LogP contribution is 2.19. The molecular weight excluding hydrogens is 275 g/mol. The average Bonchev–Trinajstić information content (AvgIpc) is 2.48. The molecule has 5 nitrogen and oxygen atoms in total. The minimum absolute atomic E-state index is 0.0282. The van der Waals surface area contributed by atoms with E-state index in [0.717, 1.165) is 0 Å². The fourth-order valence-electron chi connectivity index (χ4n) is 1.85. The summed E-state index contributed by atoms with van der Waals surface area (Å²) in [6, 6.07) is 10.4. The summed E-state index contributed by atoms with van der Waals surface area (Å²) in [6.07, 6.45) is -0.838. The van der Waals surface area contributed by atoms with Gasteiger partial charge in [-0.1, -0.05) is 6.07 Å². The summed E-state index contributed by atoms with van der Waals surface area (Å²) in [5.74, 6) is -0.315. The van der Waals surface area contributed by atoms with Crippen molar-refractivity contribution < 1.29 is 14.4 Å². The van der Waals surface area contributed by atoms with E-state index in [1.165, 1.54) is 30.3 Å². The van der Waals surface area contributed by atoms with Crippen LogP contribution >= 0.6 is 0 Å². The highest BCUT2D eigenvalue weighted by Gasteiger charge is 2.10. The van der Waals surface area contributed by atoms with Gasteiger partial charge in [-0.2, -0.15) is 0 Å². The highest BCUT2D eigenvalue weighted by atomic mass is 19.1. The van der Waals surface area contributed by atoms with Gasteiger partial charge in [-0.05, 0) is 42.3 Å². The molecule has 2 rings (SSSR count). The van der Waals surface area contributed by atoms with Crippen molar-refractivity contribution in [2.45, 2.75) is 13.0 Å². The van der Waals surface area contributed by atoms with Gasteiger partial charge in [-0.3, -0.25) is 10.1 Å². The topological polar surface area (TPSA) is 75.4 Å². The molecule has 0 aromatic heterocycles. The maximum Gasteiger partial charge on any atom is 0.269 e. The maximum absolute atomic E-state index is 13.4.